The zero-order chi connectivity index (χ0) is 13.5. The monoisotopic (exact) mass is 295 g/mol. The molecule has 0 aliphatic heterocycles. The summed E-state index contributed by atoms with van der Waals surface area (Å²) >= 11 is 0. The molecule has 2 rings (SSSR count). The number of benzene rings is 1. The smallest absolute Gasteiger partial charge is 0.119 e. The Hall–Kier alpha value is -1.52. The third kappa shape index (κ3) is 4.87. The van der Waals surface area contributed by atoms with Gasteiger partial charge in [0.2, 0.25) is 0 Å². The van der Waals surface area contributed by atoms with E-state index in [4.69, 9.17) is 4.74 Å². The molecule has 0 saturated heterocycles. The van der Waals surface area contributed by atoms with Crippen LogP contribution in [0.3, 0.4) is 0 Å². The van der Waals surface area contributed by atoms with Crippen molar-refractivity contribution < 1.29 is 4.74 Å². The molecule has 110 valence electrons. The molecule has 0 saturated carbocycles. The summed E-state index contributed by atoms with van der Waals surface area (Å²) in [6.45, 7) is 7.33. The molecule has 4 nitrogen and oxygen atoms in total. The van der Waals surface area contributed by atoms with Crippen LogP contribution in [0.5, 0.6) is 5.75 Å². The second kappa shape index (κ2) is 8.61. The van der Waals surface area contributed by atoms with Crippen molar-refractivity contribution in [3.63, 3.8) is 0 Å². The Balaban J connectivity index is 0.00000200. The summed E-state index contributed by atoms with van der Waals surface area (Å²) in [5.74, 6) is 0.924. The predicted molar refractivity (Wildman–Crippen MR) is 83.3 cm³/mol. The topological polar surface area (TPSA) is 39.1 Å². The van der Waals surface area contributed by atoms with Gasteiger partial charge in [-0.2, -0.15) is 5.10 Å². The average Bonchev–Trinajstić information content (AvgIpc) is 2.89. The Morgan fingerprint density at radius 1 is 1.10 bits per heavy atom. The van der Waals surface area contributed by atoms with Crippen LogP contribution in [0.25, 0.3) is 0 Å². The fourth-order valence-corrected chi connectivity index (χ4v) is 1.88. The van der Waals surface area contributed by atoms with Crippen LogP contribution in [-0.2, 0) is 19.6 Å². The maximum atomic E-state index is 5.42. The van der Waals surface area contributed by atoms with Crippen molar-refractivity contribution >= 4 is 12.4 Å². The number of aromatic nitrogens is 2. The third-order valence-corrected chi connectivity index (χ3v) is 2.89. The highest BCUT2D eigenvalue weighted by molar-refractivity contribution is 5.85. The summed E-state index contributed by atoms with van der Waals surface area (Å²) in [6.07, 6.45) is 2.01. The molecule has 0 atom stereocenters. The molecule has 2 aromatic rings. The van der Waals surface area contributed by atoms with Gasteiger partial charge in [0.05, 0.1) is 12.3 Å². The summed E-state index contributed by atoms with van der Waals surface area (Å²) in [5, 5.41) is 7.82. The Kier molecular flexibility index (Phi) is 7.12. The molecule has 0 bridgehead atoms. The van der Waals surface area contributed by atoms with Gasteiger partial charge in [-0.1, -0.05) is 12.1 Å². The van der Waals surface area contributed by atoms with Crippen molar-refractivity contribution in [1.82, 2.24) is 15.1 Å². The summed E-state index contributed by atoms with van der Waals surface area (Å²) in [5.41, 5.74) is 2.33. The van der Waals surface area contributed by atoms with Crippen LogP contribution >= 0.6 is 12.4 Å². The molecular weight excluding hydrogens is 274 g/mol. The lowest BCUT2D eigenvalue weighted by molar-refractivity contribution is 0.340. The molecule has 20 heavy (non-hydrogen) atoms. The minimum atomic E-state index is 0. The molecule has 0 fully saturated rings. The van der Waals surface area contributed by atoms with E-state index in [9.17, 15) is 0 Å². The highest BCUT2D eigenvalue weighted by atomic mass is 35.5. The van der Waals surface area contributed by atoms with Crippen molar-refractivity contribution in [2.45, 2.75) is 33.5 Å². The highest BCUT2D eigenvalue weighted by Crippen LogP contribution is 2.11. The quantitative estimate of drug-likeness (QED) is 0.853. The van der Waals surface area contributed by atoms with Crippen molar-refractivity contribution in [3.05, 3.63) is 47.8 Å². The molecule has 0 aliphatic rings. The SMILES string of the molecule is CCOc1ccc(CNCc2ccn(CC)n2)cc1.Cl. The van der Waals surface area contributed by atoms with Crippen LogP contribution < -0.4 is 10.1 Å². The maximum Gasteiger partial charge on any atom is 0.119 e. The van der Waals surface area contributed by atoms with Gasteiger partial charge in [0.15, 0.2) is 0 Å². The zero-order valence-electron chi connectivity index (χ0n) is 12.0. The van der Waals surface area contributed by atoms with Gasteiger partial charge in [0.1, 0.15) is 5.75 Å². The van der Waals surface area contributed by atoms with Crippen LogP contribution in [-0.4, -0.2) is 16.4 Å². The summed E-state index contributed by atoms with van der Waals surface area (Å²) < 4.78 is 7.35. The Morgan fingerprint density at radius 2 is 1.85 bits per heavy atom. The lowest BCUT2D eigenvalue weighted by Crippen LogP contribution is -2.13. The van der Waals surface area contributed by atoms with Crippen LogP contribution in [0, 0.1) is 0 Å². The van der Waals surface area contributed by atoms with Gasteiger partial charge in [0.25, 0.3) is 0 Å². The number of ether oxygens (including phenoxy) is 1. The fraction of sp³-hybridized carbons (Fsp3) is 0.400. The number of nitrogens with zero attached hydrogens (tertiary/aromatic N) is 2. The Morgan fingerprint density at radius 3 is 2.45 bits per heavy atom. The Bertz CT molecular complexity index is 496. The van der Waals surface area contributed by atoms with E-state index in [1.165, 1.54) is 5.56 Å². The number of aryl methyl sites for hydroxylation is 1. The molecule has 1 aromatic carbocycles. The van der Waals surface area contributed by atoms with Gasteiger partial charge in [0, 0.05) is 25.8 Å². The number of hydrogen-bond donors (Lipinski definition) is 1. The molecule has 1 heterocycles. The van der Waals surface area contributed by atoms with E-state index in [-0.39, 0.29) is 12.4 Å². The first-order valence-corrected chi connectivity index (χ1v) is 6.76. The van der Waals surface area contributed by atoms with E-state index in [2.05, 4.69) is 35.5 Å². The lowest BCUT2D eigenvalue weighted by atomic mass is 10.2. The van der Waals surface area contributed by atoms with Crippen molar-refractivity contribution in [3.8, 4) is 5.75 Å². The molecule has 0 spiro atoms. The molecule has 0 aliphatic carbocycles. The third-order valence-electron chi connectivity index (χ3n) is 2.89. The van der Waals surface area contributed by atoms with E-state index in [1.807, 2.05) is 29.9 Å². The van der Waals surface area contributed by atoms with E-state index in [0.717, 1.165) is 31.1 Å². The maximum absolute atomic E-state index is 5.42. The van der Waals surface area contributed by atoms with E-state index in [1.54, 1.807) is 0 Å². The predicted octanol–water partition coefficient (Wildman–Crippen LogP) is 3.01. The first kappa shape index (κ1) is 16.5. The molecule has 0 amide bonds. The van der Waals surface area contributed by atoms with Gasteiger partial charge in [-0.25, -0.2) is 0 Å². The van der Waals surface area contributed by atoms with Crippen molar-refractivity contribution in [2.75, 3.05) is 6.61 Å². The fourth-order valence-electron chi connectivity index (χ4n) is 1.88. The number of nitrogens with one attached hydrogen (secondary N) is 1. The van der Waals surface area contributed by atoms with Crippen LogP contribution in [0.2, 0.25) is 0 Å². The summed E-state index contributed by atoms with van der Waals surface area (Å²) in [7, 11) is 0. The molecule has 1 N–H and O–H groups in total. The van der Waals surface area contributed by atoms with Crippen molar-refractivity contribution in [1.29, 1.82) is 0 Å². The van der Waals surface area contributed by atoms with E-state index in [0.29, 0.717) is 6.61 Å². The molecule has 1 aromatic heterocycles. The lowest BCUT2D eigenvalue weighted by Gasteiger charge is -2.06. The van der Waals surface area contributed by atoms with Crippen molar-refractivity contribution in [2.24, 2.45) is 0 Å². The van der Waals surface area contributed by atoms with Gasteiger partial charge in [-0.15, -0.1) is 12.4 Å². The normalized spacial score (nSPS) is 10.1. The first-order valence-electron chi connectivity index (χ1n) is 6.76. The first-order chi connectivity index (χ1) is 9.31. The van der Waals surface area contributed by atoms with Crippen LogP contribution in [0.1, 0.15) is 25.1 Å². The highest BCUT2D eigenvalue weighted by Gasteiger charge is 1.98. The minimum absolute atomic E-state index is 0. The molecule has 0 radical (unpaired) electrons. The largest absolute Gasteiger partial charge is 0.494 e. The van der Waals surface area contributed by atoms with Gasteiger partial charge < -0.3 is 10.1 Å². The molecule has 5 heteroatoms. The standard InChI is InChI=1S/C15H21N3O.ClH/c1-3-18-10-9-14(17-18)12-16-11-13-5-7-15(8-6-13)19-4-2;/h5-10,16H,3-4,11-12H2,1-2H3;1H. The van der Waals surface area contributed by atoms with Gasteiger partial charge >= 0.3 is 0 Å². The van der Waals surface area contributed by atoms with Crippen LogP contribution in [0.4, 0.5) is 0 Å². The number of hydrogen-bond acceptors (Lipinski definition) is 3. The second-order valence-electron chi connectivity index (χ2n) is 4.34. The molecule has 0 unspecified atom stereocenters. The zero-order valence-corrected chi connectivity index (χ0v) is 12.8. The Labute approximate surface area is 126 Å². The van der Waals surface area contributed by atoms with E-state index < -0.39 is 0 Å². The van der Waals surface area contributed by atoms with E-state index >= 15 is 0 Å². The minimum Gasteiger partial charge on any atom is -0.494 e. The summed E-state index contributed by atoms with van der Waals surface area (Å²) in [6, 6.07) is 10.2. The summed E-state index contributed by atoms with van der Waals surface area (Å²) in [4.78, 5) is 0. The van der Waals surface area contributed by atoms with Gasteiger partial charge in [-0.3, -0.25) is 4.68 Å². The average molecular weight is 296 g/mol. The van der Waals surface area contributed by atoms with Gasteiger partial charge in [-0.05, 0) is 37.6 Å². The second-order valence-corrected chi connectivity index (χ2v) is 4.34. The number of halogens is 1. The van der Waals surface area contributed by atoms with Crippen LogP contribution in [0.15, 0.2) is 36.5 Å². The molecular formula is C15H22ClN3O. The number of rotatable bonds is 7.